The zero-order valence-corrected chi connectivity index (χ0v) is 10.7. The summed E-state index contributed by atoms with van der Waals surface area (Å²) in [5, 5.41) is 14.6. The Morgan fingerprint density at radius 1 is 1.42 bits per heavy atom. The first kappa shape index (κ1) is 13.6. The molecule has 3 N–H and O–H groups in total. The lowest BCUT2D eigenvalue weighted by molar-refractivity contribution is 0.0698. The number of hydrogen-bond acceptors (Lipinski definition) is 3. The van der Waals surface area contributed by atoms with E-state index in [1.54, 1.807) is 0 Å². The fourth-order valence-corrected chi connectivity index (χ4v) is 1.97. The molecule has 0 aliphatic carbocycles. The average Bonchev–Trinajstić information content (AvgIpc) is 2.81. The number of urea groups is 1. The maximum absolute atomic E-state index is 11.7. The second kappa shape index (κ2) is 5.90. The summed E-state index contributed by atoms with van der Waals surface area (Å²) in [6.45, 7) is 1.08. The van der Waals surface area contributed by atoms with Crippen LogP contribution in [0.4, 0.5) is 10.5 Å². The molecule has 1 fully saturated rings. The molecule has 6 nitrogen and oxygen atoms in total. The Morgan fingerprint density at radius 3 is 2.84 bits per heavy atom. The Kier molecular flexibility index (Phi) is 4.24. The second-order valence-electron chi connectivity index (χ2n) is 4.15. The fourth-order valence-electron chi connectivity index (χ4n) is 1.80. The molecule has 0 saturated carbocycles. The van der Waals surface area contributed by atoms with Crippen molar-refractivity contribution < 1.29 is 19.4 Å². The standard InChI is InChI=1S/C12H13ClN2O4/c13-7-1-2-9(11(16)17)10(5-7)15-12(18)14-8-3-4-19-6-8/h1-2,5,8H,3-4,6H2,(H,16,17)(H2,14,15,18). The minimum absolute atomic E-state index is 0.0118. The van der Waals surface area contributed by atoms with Gasteiger partial charge in [0.2, 0.25) is 0 Å². The zero-order chi connectivity index (χ0) is 13.8. The average molecular weight is 285 g/mol. The van der Waals surface area contributed by atoms with Crippen LogP contribution in [0, 0.1) is 0 Å². The predicted molar refractivity (Wildman–Crippen MR) is 69.8 cm³/mol. The lowest BCUT2D eigenvalue weighted by Gasteiger charge is -2.13. The number of nitrogens with one attached hydrogen (secondary N) is 2. The van der Waals surface area contributed by atoms with Gasteiger partial charge in [0.25, 0.3) is 0 Å². The normalized spacial score (nSPS) is 18.1. The summed E-state index contributed by atoms with van der Waals surface area (Å²) in [6.07, 6.45) is 0.745. The lowest BCUT2D eigenvalue weighted by Crippen LogP contribution is -2.38. The van der Waals surface area contributed by atoms with Crippen molar-refractivity contribution >= 4 is 29.3 Å². The lowest BCUT2D eigenvalue weighted by atomic mass is 10.2. The topological polar surface area (TPSA) is 87.7 Å². The van der Waals surface area contributed by atoms with Crippen molar-refractivity contribution in [3.8, 4) is 0 Å². The molecule has 1 aromatic carbocycles. The van der Waals surface area contributed by atoms with Gasteiger partial charge in [-0.15, -0.1) is 0 Å². The molecule has 2 rings (SSSR count). The molecule has 19 heavy (non-hydrogen) atoms. The van der Waals surface area contributed by atoms with Gasteiger partial charge in [-0.2, -0.15) is 0 Å². The van der Waals surface area contributed by atoms with Crippen LogP contribution in [-0.2, 0) is 4.74 Å². The first-order chi connectivity index (χ1) is 9.06. The third-order valence-corrected chi connectivity index (χ3v) is 2.96. The van der Waals surface area contributed by atoms with Gasteiger partial charge in [0.05, 0.1) is 23.9 Å². The molecule has 1 unspecified atom stereocenters. The van der Waals surface area contributed by atoms with Gasteiger partial charge in [-0.3, -0.25) is 0 Å². The van der Waals surface area contributed by atoms with Crippen molar-refractivity contribution in [1.29, 1.82) is 0 Å². The molecule has 1 heterocycles. The van der Waals surface area contributed by atoms with E-state index in [1.807, 2.05) is 0 Å². The van der Waals surface area contributed by atoms with Crippen LogP contribution in [0.3, 0.4) is 0 Å². The van der Waals surface area contributed by atoms with E-state index in [0.29, 0.717) is 18.2 Å². The molecular weight excluding hydrogens is 272 g/mol. The number of carbonyl (C=O) groups is 2. The molecule has 1 aromatic rings. The van der Waals surface area contributed by atoms with Gasteiger partial charge in [-0.1, -0.05) is 11.6 Å². The number of halogens is 1. The van der Waals surface area contributed by atoms with Crippen molar-refractivity contribution in [3.05, 3.63) is 28.8 Å². The number of benzene rings is 1. The Bertz CT molecular complexity index is 501. The van der Waals surface area contributed by atoms with Crippen LogP contribution in [0.25, 0.3) is 0 Å². The van der Waals surface area contributed by atoms with E-state index in [4.69, 9.17) is 21.4 Å². The molecule has 1 atom stereocenters. The van der Waals surface area contributed by atoms with Crippen LogP contribution in [0.1, 0.15) is 16.8 Å². The van der Waals surface area contributed by atoms with Crippen molar-refractivity contribution in [3.63, 3.8) is 0 Å². The molecular formula is C12H13ClN2O4. The highest BCUT2D eigenvalue weighted by Gasteiger charge is 2.19. The molecule has 1 aliphatic heterocycles. The van der Waals surface area contributed by atoms with Gasteiger partial charge >= 0.3 is 12.0 Å². The summed E-state index contributed by atoms with van der Waals surface area (Å²) >= 11 is 5.79. The molecule has 7 heteroatoms. The number of carboxylic acids is 1. The van der Waals surface area contributed by atoms with Crippen molar-refractivity contribution in [2.45, 2.75) is 12.5 Å². The highest BCUT2D eigenvalue weighted by atomic mass is 35.5. The molecule has 0 aromatic heterocycles. The van der Waals surface area contributed by atoms with E-state index in [1.165, 1.54) is 18.2 Å². The zero-order valence-electron chi connectivity index (χ0n) is 9.98. The monoisotopic (exact) mass is 284 g/mol. The summed E-state index contributed by atoms with van der Waals surface area (Å²) in [7, 11) is 0. The number of rotatable bonds is 3. The van der Waals surface area contributed by atoms with E-state index in [2.05, 4.69) is 10.6 Å². The number of amides is 2. The maximum atomic E-state index is 11.7. The van der Waals surface area contributed by atoms with Gasteiger partial charge in [0.15, 0.2) is 0 Å². The minimum atomic E-state index is -1.13. The smallest absolute Gasteiger partial charge is 0.337 e. The third-order valence-electron chi connectivity index (χ3n) is 2.73. The molecule has 0 radical (unpaired) electrons. The van der Waals surface area contributed by atoms with E-state index in [9.17, 15) is 9.59 Å². The van der Waals surface area contributed by atoms with Gasteiger partial charge in [0.1, 0.15) is 0 Å². The maximum Gasteiger partial charge on any atom is 0.337 e. The molecule has 2 amide bonds. The third kappa shape index (κ3) is 3.59. The molecule has 0 spiro atoms. The largest absolute Gasteiger partial charge is 0.478 e. The number of anilines is 1. The highest BCUT2D eigenvalue weighted by Crippen LogP contribution is 2.21. The second-order valence-corrected chi connectivity index (χ2v) is 4.59. The summed E-state index contributed by atoms with van der Waals surface area (Å²) < 4.78 is 5.13. The van der Waals surface area contributed by atoms with Gasteiger partial charge in [-0.05, 0) is 24.6 Å². The summed E-state index contributed by atoms with van der Waals surface area (Å²) in [5.41, 5.74) is 0.152. The van der Waals surface area contributed by atoms with Crippen LogP contribution in [0.5, 0.6) is 0 Å². The quantitative estimate of drug-likeness (QED) is 0.791. The van der Waals surface area contributed by atoms with Gasteiger partial charge in [-0.25, -0.2) is 9.59 Å². The predicted octanol–water partition coefficient (Wildman–Crippen LogP) is 1.95. The number of carbonyl (C=O) groups excluding carboxylic acids is 1. The minimum Gasteiger partial charge on any atom is -0.478 e. The van der Waals surface area contributed by atoms with E-state index in [0.717, 1.165) is 6.42 Å². The molecule has 1 aliphatic rings. The molecule has 0 bridgehead atoms. The Hall–Kier alpha value is -1.79. The van der Waals surface area contributed by atoms with Crippen molar-refractivity contribution in [1.82, 2.24) is 5.32 Å². The number of ether oxygens (including phenoxy) is 1. The first-order valence-corrected chi connectivity index (χ1v) is 6.12. The number of aromatic carboxylic acids is 1. The molecule has 1 saturated heterocycles. The number of carboxylic acid groups (broad SMARTS) is 1. The van der Waals surface area contributed by atoms with Gasteiger partial charge in [0, 0.05) is 11.6 Å². The Morgan fingerprint density at radius 2 is 2.21 bits per heavy atom. The fraction of sp³-hybridized carbons (Fsp3) is 0.333. The van der Waals surface area contributed by atoms with Crippen molar-refractivity contribution in [2.75, 3.05) is 18.5 Å². The SMILES string of the molecule is O=C(Nc1cc(Cl)ccc1C(=O)O)NC1CCOC1. The van der Waals surface area contributed by atoms with Crippen LogP contribution < -0.4 is 10.6 Å². The van der Waals surface area contributed by atoms with E-state index >= 15 is 0 Å². The van der Waals surface area contributed by atoms with Gasteiger partial charge < -0.3 is 20.5 Å². The highest BCUT2D eigenvalue weighted by molar-refractivity contribution is 6.31. The first-order valence-electron chi connectivity index (χ1n) is 5.74. The van der Waals surface area contributed by atoms with Crippen molar-refractivity contribution in [2.24, 2.45) is 0 Å². The Labute approximate surface area is 114 Å². The van der Waals surface area contributed by atoms with E-state index in [-0.39, 0.29) is 17.3 Å². The Balaban J connectivity index is 2.06. The van der Waals surface area contributed by atoms with Crippen LogP contribution in [-0.4, -0.2) is 36.4 Å². The van der Waals surface area contributed by atoms with Crippen LogP contribution in [0.15, 0.2) is 18.2 Å². The number of hydrogen-bond donors (Lipinski definition) is 3. The van der Waals surface area contributed by atoms with Crippen LogP contribution >= 0.6 is 11.6 Å². The summed E-state index contributed by atoms with van der Waals surface area (Å²) in [4.78, 5) is 22.8. The summed E-state index contributed by atoms with van der Waals surface area (Å²) in [5.74, 6) is -1.13. The summed E-state index contributed by atoms with van der Waals surface area (Å²) in [6, 6.07) is 3.68. The van der Waals surface area contributed by atoms with E-state index < -0.39 is 12.0 Å². The molecule has 102 valence electrons. The van der Waals surface area contributed by atoms with Crippen LogP contribution in [0.2, 0.25) is 5.02 Å².